The Morgan fingerprint density at radius 1 is 1.24 bits per heavy atom. The third-order valence-electron chi connectivity index (χ3n) is 3.52. The molecule has 5 heteroatoms. The van der Waals surface area contributed by atoms with Gasteiger partial charge in [0, 0.05) is 5.56 Å². The van der Waals surface area contributed by atoms with Gasteiger partial charge in [-0.3, -0.25) is 4.79 Å². The molecule has 0 spiro atoms. The maximum atomic E-state index is 12.4. The lowest BCUT2D eigenvalue weighted by Crippen LogP contribution is -2.51. The van der Waals surface area contributed by atoms with Crippen LogP contribution in [-0.4, -0.2) is 22.5 Å². The zero-order chi connectivity index (χ0) is 15.5. The van der Waals surface area contributed by atoms with Gasteiger partial charge in [0.25, 0.3) is 5.91 Å². The van der Waals surface area contributed by atoms with Crippen molar-refractivity contribution in [2.24, 2.45) is 0 Å². The zero-order valence-electron chi connectivity index (χ0n) is 11.9. The van der Waals surface area contributed by atoms with Gasteiger partial charge in [-0.25, -0.2) is 4.79 Å². The number of carboxylic acid groups (broad SMARTS) is 1. The molecule has 1 unspecified atom stereocenters. The van der Waals surface area contributed by atoms with Gasteiger partial charge in [0.05, 0.1) is 4.88 Å². The van der Waals surface area contributed by atoms with Crippen LogP contribution in [0, 0.1) is 0 Å². The van der Waals surface area contributed by atoms with Crippen LogP contribution in [0.1, 0.15) is 29.9 Å². The molecular formula is C16H17NO3S. The fourth-order valence-electron chi connectivity index (χ4n) is 1.93. The van der Waals surface area contributed by atoms with Crippen molar-refractivity contribution in [1.82, 2.24) is 5.32 Å². The average Bonchev–Trinajstić information content (AvgIpc) is 2.97. The number of nitrogens with one attached hydrogen (secondary N) is 1. The Hall–Kier alpha value is -2.14. The number of benzene rings is 1. The van der Waals surface area contributed by atoms with Gasteiger partial charge in [-0.15, -0.1) is 11.3 Å². The van der Waals surface area contributed by atoms with E-state index in [0.29, 0.717) is 11.3 Å². The Labute approximate surface area is 127 Å². The lowest BCUT2D eigenvalue weighted by Gasteiger charge is -2.24. The Morgan fingerprint density at radius 3 is 2.48 bits per heavy atom. The first kappa shape index (κ1) is 15.3. The fourth-order valence-corrected chi connectivity index (χ4v) is 2.74. The number of carbonyl (C=O) groups is 2. The quantitative estimate of drug-likeness (QED) is 0.889. The molecule has 0 aliphatic heterocycles. The summed E-state index contributed by atoms with van der Waals surface area (Å²) in [4.78, 5) is 24.2. The number of carbonyl (C=O) groups excluding carboxylic acids is 1. The average molecular weight is 303 g/mol. The first-order valence-corrected chi connectivity index (χ1v) is 7.54. The molecule has 2 aromatic rings. The van der Waals surface area contributed by atoms with Crippen LogP contribution in [0.25, 0.3) is 11.1 Å². The van der Waals surface area contributed by atoms with Gasteiger partial charge >= 0.3 is 5.97 Å². The van der Waals surface area contributed by atoms with E-state index < -0.39 is 11.5 Å². The van der Waals surface area contributed by atoms with E-state index in [1.807, 2.05) is 41.8 Å². The molecule has 110 valence electrons. The van der Waals surface area contributed by atoms with Crippen molar-refractivity contribution in [2.45, 2.75) is 25.8 Å². The van der Waals surface area contributed by atoms with Gasteiger partial charge in [0.1, 0.15) is 5.54 Å². The minimum absolute atomic E-state index is 0.320. The van der Waals surface area contributed by atoms with E-state index in [9.17, 15) is 14.7 Å². The van der Waals surface area contributed by atoms with E-state index in [-0.39, 0.29) is 5.91 Å². The minimum Gasteiger partial charge on any atom is -0.480 e. The van der Waals surface area contributed by atoms with Crippen molar-refractivity contribution in [3.05, 3.63) is 46.7 Å². The number of aliphatic carboxylic acids is 1. The molecule has 21 heavy (non-hydrogen) atoms. The van der Waals surface area contributed by atoms with Crippen LogP contribution in [0.2, 0.25) is 0 Å². The van der Waals surface area contributed by atoms with E-state index in [1.165, 1.54) is 18.3 Å². The highest BCUT2D eigenvalue weighted by Crippen LogP contribution is 2.28. The molecule has 2 N–H and O–H groups in total. The van der Waals surface area contributed by atoms with Crippen molar-refractivity contribution in [3.8, 4) is 11.1 Å². The number of rotatable bonds is 5. The van der Waals surface area contributed by atoms with Crippen molar-refractivity contribution in [2.75, 3.05) is 0 Å². The molecule has 2 rings (SSSR count). The molecule has 1 aromatic heterocycles. The molecule has 4 nitrogen and oxygen atoms in total. The molecular weight excluding hydrogens is 286 g/mol. The lowest BCUT2D eigenvalue weighted by molar-refractivity contribution is -0.143. The smallest absolute Gasteiger partial charge is 0.329 e. The summed E-state index contributed by atoms with van der Waals surface area (Å²) in [5.41, 5.74) is 0.508. The van der Waals surface area contributed by atoms with Gasteiger partial charge in [0.2, 0.25) is 0 Å². The Bertz CT molecular complexity index is 651. The highest BCUT2D eigenvalue weighted by atomic mass is 32.1. The summed E-state index contributed by atoms with van der Waals surface area (Å²) < 4.78 is 0. The largest absolute Gasteiger partial charge is 0.480 e. The monoisotopic (exact) mass is 303 g/mol. The molecule has 0 radical (unpaired) electrons. The fraction of sp³-hybridized carbons (Fsp3) is 0.250. The number of thiophene rings is 1. The molecule has 0 fully saturated rings. The van der Waals surface area contributed by atoms with Crippen LogP contribution in [0.15, 0.2) is 41.8 Å². The second-order valence-electron chi connectivity index (χ2n) is 4.97. The van der Waals surface area contributed by atoms with Gasteiger partial charge in [-0.2, -0.15) is 0 Å². The van der Waals surface area contributed by atoms with Crippen LogP contribution in [0.5, 0.6) is 0 Å². The topological polar surface area (TPSA) is 66.4 Å². The van der Waals surface area contributed by atoms with Gasteiger partial charge in [-0.05, 0) is 30.4 Å². The third kappa shape index (κ3) is 3.13. The standard InChI is InChI=1S/C16H17NO3S/c1-3-16(2,15(19)20)17-14(18)13-12(9-10-21-13)11-7-5-4-6-8-11/h4-10H,3H2,1-2H3,(H,17,18)(H,19,20). The Morgan fingerprint density at radius 2 is 1.90 bits per heavy atom. The Balaban J connectivity index is 2.30. The number of hydrogen-bond donors (Lipinski definition) is 2. The van der Waals surface area contributed by atoms with Gasteiger partial charge in [0.15, 0.2) is 0 Å². The SMILES string of the molecule is CCC(C)(NC(=O)c1sccc1-c1ccccc1)C(=O)O. The summed E-state index contributed by atoms with van der Waals surface area (Å²) in [6.45, 7) is 3.25. The zero-order valence-corrected chi connectivity index (χ0v) is 12.7. The molecule has 1 heterocycles. The highest BCUT2D eigenvalue weighted by molar-refractivity contribution is 7.12. The second-order valence-corrected chi connectivity index (χ2v) is 5.89. The van der Waals surface area contributed by atoms with Crippen LogP contribution in [-0.2, 0) is 4.79 Å². The summed E-state index contributed by atoms with van der Waals surface area (Å²) in [5, 5.41) is 13.7. The minimum atomic E-state index is -1.25. The first-order valence-electron chi connectivity index (χ1n) is 6.67. The van der Waals surface area contributed by atoms with Crippen molar-refractivity contribution >= 4 is 23.2 Å². The molecule has 0 bridgehead atoms. The van der Waals surface area contributed by atoms with E-state index >= 15 is 0 Å². The summed E-state index contributed by atoms with van der Waals surface area (Å²) in [6, 6.07) is 11.4. The molecule has 1 amide bonds. The van der Waals surface area contributed by atoms with E-state index in [4.69, 9.17) is 0 Å². The van der Waals surface area contributed by atoms with Crippen molar-refractivity contribution in [3.63, 3.8) is 0 Å². The number of amides is 1. The van der Waals surface area contributed by atoms with Crippen LogP contribution in [0.3, 0.4) is 0 Å². The Kier molecular flexibility index (Phi) is 4.43. The van der Waals surface area contributed by atoms with E-state index in [0.717, 1.165) is 11.1 Å². The highest BCUT2D eigenvalue weighted by Gasteiger charge is 2.33. The predicted molar refractivity (Wildman–Crippen MR) is 83.6 cm³/mol. The maximum Gasteiger partial charge on any atom is 0.329 e. The number of carboxylic acids is 1. The van der Waals surface area contributed by atoms with Crippen LogP contribution in [0.4, 0.5) is 0 Å². The molecule has 1 aromatic carbocycles. The normalized spacial score (nSPS) is 13.4. The predicted octanol–water partition coefficient (Wildman–Crippen LogP) is 3.40. The summed E-state index contributed by atoms with van der Waals surface area (Å²) in [7, 11) is 0. The van der Waals surface area contributed by atoms with Crippen LogP contribution < -0.4 is 5.32 Å². The van der Waals surface area contributed by atoms with Gasteiger partial charge in [-0.1, -0.05) is 37.3 Å². The maximum absolute atomic E-state index is 12.4. The van der Waals surface area contributed by atoms with Crippen molar-refractivity contribution in [1.29, 1.82) is 0 Å². The molecule has 0 aliphatic rings. The lowest BCUT2D eigenvalue weighted by atomic mass is 9.98. The summed E-state index contributed by atoms with van der Waals surface area (Å²) in [5.74, 6) is -1.38. The third-order valence-corrected chi connectivity index (χ3v) is 4.44. The van der Waals surface area contributed by atoms with Gasteiger partial charge < -0.3 is 10.4 Å². The molecule has 1 atom stereocenters. The van der Waals surface area contributed by atoms with Crippen LogP contribution >= 0.6 is 11.3 Å². The van der Waals surface area contributed by atoms with Crippen molar-refractivity contribution < 1.29 is 14.7 Å². The van der Waals surface area contributed by atoms with E-state index in [2.05, 4.69) is 5.32 Å². The summed E-state index contributed by atoms with van der Waals surface area (Å²) in [6.07, 6.45) is 0.320. The number of hydrogen-bond acceptors (Lipinski definition) is 3. The summed E-state index contributed by atoms with van der Waals surface area (Å²) >= 11 is 1.31. The van der Waals surface area contributed by atoms with E-state index in [1.54, 1.807) is 6.92 Å². The first-order chi connectivity index (χ1) is 9.98. The second kappa shape index (κ2) is 6.10. The molecule has 0 saturated carbocycles. The molecule has 0 saturated heterocycles. The molecule has 0 aliphatic carbocycles.